The molecule has 3 rings (SSSR count). The summed E-state index contributed by atoms with van der Waals surface area (Å²) in [6.45, 7) is 2.85. The second kappa shape index (κ2) is 10.1. The third-order valence-corrected chi connectivity index (χ3v) is 5.34. The van der Waals surface area contributed by atoms with Crippen LogP contribution >= 0.6 is 12.4 Å². The highest BCUT2D eigenvalue weighted by molar-refractivity contribution is 5.85. The summed E-state index contributed by atoms with van der Waals surface area (Å²) in [5.41, 5.74) is -0.558. The number of amides is 1. The largest absolute Gasteiger partial charge is 0.376 e. The van der Waals surface area contributed by atoms with Crippen molar-refractivity contribution in [3.63, 3.8) is 0 Å². The van der Waals surface area contributed by atoms with Crippen LogP contribution < -0.4 is 10.6 Å². The SMILES string of the molecule is Cl.O=C(NCCOC1CCCCCC1)C1(n2cccn2)CCNCC1. The summed E-state index contributed by atoms with van der Waals surface area (Å²) in [7, 11) is 0. The van der Waals surface area contributed by atoms with E-state index in [0.717, 1.165) is 38.8 Å². The standard InChI is InChI=1S/C18H30N4O2.ClH/c23-17(20-13-15-24-16-6-3-1-2-4-7-16)18(8-11-19-12-9-18)22-14-5-10-21-22;/h5,10,14,16,19H,1-4,6-9,11-13,15H2,(H,20,23);1H. The van der Waals surface area contributed by atoms with Crippen LogP contribution in [0.4, 0.5) is 0 Å². The number of hydrogen-bond donors (Lipinski definition) is 2. The number of aromatic nitrogens is 2. The quantitative estimate of drug-likeness (QED) is 0.595. The van der Waals surface area contributed by atoms with Crippen LogP contribution in [-0.2, 0) is 15.1 Å². The van der Waals surface area contributed by atoms with Gasteiger partial charge in [-0.3, -0.25) is 9.48 Å². The molecule has 0 bridgehead atoms. The first kappa shape index (κ1) is 20.2. The Kier molecular flexibility index (Phi) is 8.19. The highest BCUT2D eigenvalue weighted by atomic mass is 35.5. The zero-order chi connectivity index (χ0) is 16.7. The van der Waals surface area contributed by atoms with Gasteiger partial charge < -0.3 is 15.4 Å². The maximum absolute atomic E-state index is 12.9. The van der Waals surface area contributed by atoms with E-state index in [9.17, 15) is 4.79 Å². The number of halogens is 1. The molecular weight excluding hydrogens is 340 g/mol. The van der Waals surface area contributed by atoms with Gasteiger partial charge in [0.2, 0.25) is 5.91 Å². The van der Waals surface area contributed by atoms with Crippen molar-refractivity contribution in [1.82, 2.24) is 20.4 Å². The monoisotopic (exact) mass is 370 g/mol. The van der Waals surface area contributed by atoms with Gasteiger partial charge in [0, 0.05) is 18.9 Å². The van der Waals surface area contributed by atoms with Gasteiger partial charge in [0.1, 0.15) is 5.54 Å². The first-order chi connectivity index (χ1) is 11.8. The Bertz CT molecular complexity index is 495. The molecule has 0 aromatic carbocycles. The average Bonchev–Trinajstić information content (AvgIpc) is 3.04. The summed E-state index contributed by atoms with van der Waals surface area (Å²) in [4.78, 5) is 12.9. The average molecular weight is 371 g/mol. The van der Waals surface area contributed by atoms with E-state index in [2.05, 4.69) is 15.7 Å². The van der Waals surface area contributed by atoms with Gasteiger partial charge in [0.05, 0.1) is 12.7 Å². The normalized spacial score (nSPS) is 21.1. The fraction of sp³-hybridized carbons (Fsp3) is 0.778. The van der Waals surface area contributed by atoms with Gasteiger partial charge in [0.25, 0.3) is 0 Å². The molecule has 142 valence electrons. The molecule has 1 aliphatic carbocycles. The van der Waals surface area contributed by atoms with Gasteiger partial charge in [-0.1, -0.05) is 25.7 Å². The molecule has 0 radical (unpaired) electrons. The molecule has 1 saturated carbocycles. The van der Waals surface area contributed by atoms with Gasteiger partial charge in [-0.2, -0.15) is 5.10 Å². The van der Waals surface area contributed by atoms with Crippen LogP contribution in [0.1, 0.15) is 51.4 Å². The lowest BCUT2D eigenvalue weighted by Crippen LogP contribution is -2.55. The number of rotatable bonds is 6. The highest BCUT2D eigenvalue weighted by Gasteiger charge is 2.41. The molecule has 2 aliphatic rings. The molecule has 6 nitrogen and oxygen atoms in total. The Morgan fingerprint density at radius 1 is 1.24 bits per heavy atom. The molecule has 7 heteroatoms. The lowest BCUT2D eigenvalue weighted by atomic mass is 9.87. The zero-order valence-corrected chi connectivity index (χ0v) is 15.7. The summed E-state index contributed by atoms with van der Waals surface area (Å²) in [6, 6.07) is 1.88. The van der Waals surface area contributed by atoms with E-state index in [-0.39, 0.29) is 18.3 Å². The number of piperidine rings is 1. The second-order valence-electron chi connectivity index (χ2n) is 6.97. The molecule has 1 amide bonds. The van der Waals surface area contributed by atoms with Crippen molar-refractivity contribution < 1.29 is 9.53 Å². The first-order valence-corrected chi connectivity index (χ1v) is 9.42. The molecule has 2 fully saturated rings. The maximum Gasteiger partial charge on any atom is 0.248 e. The van der Waals surface area contributed by atoms with Gasteiger partial charge in [0.15, 0.2) is 0 Å². The minimum Gasteiger partial charge on any atom is -0.376 e. The van der Waals surface area contributed by atoms with E-state index in [0.29, 0.717) is 19.3 Å². The van der Waals surface area contributed by atoms with Crippen molar-refractivity contribution in [2.75, 3.05) is 26.2 Å². The summed E-state index contributed by atoms with van der Waals surface area (Å²) < 4.78 is 7.80. The predicted molar refractivity (Wildman–Crippen MR) is 100 cm³/mol. The molecule has 1 saturated heterocycles. The number of nitrogens with one attached hydrogen (secondary N) is 2. The van der Waals surface area contributed by atoms with Gasteiger partial charge in [-0.25, -0.2) is 0 Å². The summed E-state index contributed by atoms with van der Waals surface area (Å²) in [5, 5.41) is 10.8. The second-order valence-corrected chi connectivity index (χ2v) is 6.97. The smallest absolute Gasteiger partial charge is 0.248 e. The van der Waals surface area contributed by atoms with Crippen molar-refractivity contribution in [1.29, 1.82) is 0 Å². The molecule has 0 unspecified atom stereocenters. The Morgan fingerprint density at radius 3 is 2.60 bits per heavy atom. The third kappa shape index (κ3) is 5.19. The van der Waals surface area contributed by atoms with Crippen LogP contribution in [0.2, 0.25) is 0 Å². The van der Waals surface area contributed by atoms with E-state index < -0.39 is 5.54 Å². The van der Waals surface area contributed by atoms with Crippen LogP contribution in [0.15, 0.2) is 18.5 Å². The van der Waals surface area contributed by atoms with Gasteiger partial charge in [-0.05, 0) is 44.8 Å². The number of carbonyl (C=O) groups is 1. The molecule has 0 atom stereocenters. The third-order valence-electron chi connectivity index (χ3n) is 5.34. The van der Waals surface area contributed by atoms with E-state index in [1.807, 2.05) is 16.9 Å². The van der Waals surface area contributed by atoms with E-state index in [4.69, 9.17) is 4.74 Å². The van der Waals surface area contributed by atoms with E-state index in [1.165, 1.54) is 25.7 Å². The first-order valence-electron chi connectivity index (χ1n) is 9.42. The van der Waals surface area contributed by atoms with Crippen molar-refractivity contribution >= 4 is 18.3 Å². The fourth-order valence-electron chi connectivity index (χ4n) is 3.89. The summed E-state index contributed by atoms with van der Waals surface area (Å²) in [5.74, 6) is 0.0668. The van der Waals surface area contributed by atoms with Crippen molar-refractivity contribution in [3.05, 3.63) is 18.5 Å². The Balaban J connectivity index is 0.00000225. The van der Waals surface area contributed by atoms with Crippen LogP contribution in [0, 0.1) is 0 Å². The van der Waals surface area contributed by atoms with Crippen molar-refractivity contribution in [3.8, 4) is 0 Å². The van der Waals surface area contributed by atoms with Crippen LogP contribution in [0.3, 0.4) is 0 Å². The minimum atomic E-state index is -0.558. The number of ether oxygens (including phenoxy) is 1. The molecule has 1 aromatic rings. The molecule has 0 spiro atoms. The molecule has 2 heterocycles. The molecule has 1 aliphatic heterocycles. The van der Waals surface area contributed by atoms with Crippen molar-refractivity contribution in [2.24, 2.45) is 0 Å². The maximum atomic E-state index is 12.9. The zero-order valence-electron chi connectivity index (χ0n) is 14.9. The highest BCUT2D eigenvalue weighted by Crippen LogP contribution is 2.27. The predicted octanol–water partition coefficient (Wildman–Crippen LogP) is 2.24. The van der Waals surface area contributed by atoms with Gasteiger partial charge in [-0.15, -0.1) is 12.4 Å². The minimum absolute atomic E-state index is 0. The lowest BCUT2D eigenvalue weighted by Gasteiger charge is -2.36. The number of hydrogen-bond acceptors (Lipinski definition) is 4. The molecular formula is C18H31ClN4O2. The number of nitrogens with zero attached hydrogens (tertiary/aromatic N) is 2. The van der Waals surface area contributed by atoms with E-state index in [1.54, 1.807) is 6.20 Å². The molecule has 2 N–H and O–H groups in total. The van der Waals surface area contributed by atoms with Crippen LogP contribution in [0.5, 0.6) is 0 Å². The topological polar surface area (TPSA) is 68.2 Å². The summed E-state index contributed by atoms with van der Waals surface area (Å²) in [6.07, 6.45) is 13.1. The van der Waals surface area contributed by atoms with Gasteiger partial charge >= 0.3 is 0 Å². The Labute approximate surface area is 156 Å². The van der Waals surface area contributed by atoms with E-state index >= 15 is 0 Å². The Morgan fingerprint density at radius 2 is 1.96 bits per heavy atom. The molecule has 25 heavy (non-hydrogen) atoms. The summed E-state index contributed by atoms with van der Waals surface area (Å²) >= 11 is 0. The fourth-order valence-corrected chi connectivity index (χ4v) is 3.89. The Hall–Kier alpha value is -1.11. The lowest BCUT2D eigenvalue weighted by molar-refractivity contribution is -0.132. The van der Waals surface area contributed by atoms with Crippen LogP contribution in [-0.4, -0.2) is 48.0 Å². The number of carbonyl (C=O) groups excluding carboxylic acids is 1. The molecule has 1 aromatic heterocycles. The van der Waals surface area contributed by atoms with Crippen LogP contribution in [0.25, 0.3) is 0 Å². The van der Waals surface area contributed by atoms with Crippen molar-refractivity contribution in [2.45, 2.75) is 63.0 Å².